The van der Waals surface area contributed by atoms with Gasteiger partial charge in [-0.3, -0.25) is 24.3 Å². The molecule has 1 heterocycles. The molecular weight excluding hydrogens is 462 g/mol. The summed E-state index contributed by atoms with van der Waals surface area (Å²) in [5, 5.41) is 2.49. The summed E-state index contributed by atoms with van der Waals surface area (Å²) in [5.74, 6) is -1.34. The molecule has 0 radical (unpaired) electrons. The maximum absolute atomic E-state index is 12.4. The number of hydrogen-bond donors (Lipinski definition) is 3. The first-order valence-electron chi connectivity index (χ1n) is 7.01. The molecule has 2 rings (SSSR count). The van der Waals surface area contributed by atoms with Crippen LogP contribution in [0.15, 0.2) is 28.7 Å². The van der Waals surface area contributed by atoms with Crippen LogP contribution in [-0.2, 0) is 19.7 Å². The Morgan fingerprint density at radius 2 is 1.92 bits per heavy atom. The first-order valence-corrected chi connectivity index (χ1v) is 10.9. The second-order valence-electron chi connectivity index (χ2n) is 5.30. The number of nitrogens with two attached hydrogens (primary N) is 1. The molecule has 0 unspecified atom stereocenters. The summed E-state index contributed by atoms with van der Waals surface area (Å²) in [5.41, 5.74) is 5.65. The molecule has 1 aromatic carbocycles. The second-order valence-corrected chi connectivity index (χ2v) is 9.59. The first kappa shape index (κ1) is 23.7. The summed E-state index contributed by atoms with van der Waals surface area (Å²) >= 11 is 3.24. The van der Waals surface area contributed by atoms with Crippen LogP contribution in [0.4, 0.5) is 0 Å². The van der Waals surface area contributed by atoms with Gasteiger partial charge in [-0.1, -0.05) is 15.9 Å². The van der Waals surface area contributed by atoms with E-state index in [9.17, 15) is 27.1 Å². The van der Waals surface area contributed by atoms with Crippen molar-refractivity contribution in [2.24, 2.45) is 5.50 Å². The van der Waals surface area contributed by atoms with Gasteiger partial charge < -0.3 is 9.87 Å². The summed E-state index contributed by atoms with van der Waals surface area (Å²) in [6.07, 6.45) is 0.584. The van der Waals surface area contributed by atoms with Crippen molar-refractivity contribution in [3.8, 4) is 0 Å². The number of hydrogen-bond acceptors (Lipinski definition) is 6. The fourth-order valence-electron chi connectivity index (χ4n) is 2.34. The molecule has 14 heteroatoms. The van der Waals surface area contributed by atoms with Crippen LogP contribution in [0.3, 0.4) is 0 Å². The molecule has 2 amide bonds. The minimum Gasteiger partial charge on any atom is -0.735 e. The summed E-state index contributed by atoms with van der Waals surface area (Å²) in [7, 11) is -9.55. The van der Waals surface area contributed by atoms with Crippen molar-refractivity contribution in [2.75, 3.05) is 6.54 Å². The molecule has 1 saturated heterocycles. The average molecular weight is 477 g/mol. The van der Waals surface area contributed by atoms with Crippen LogP contribution >= 0.6 is 23.5 Å². The molecule has 10 nitrogen and oxygen atoms in total. The molecule has 1 fully saturated rings. The topological polar surface area (TPSA) is 162 Å². The number of halogens is 1. The van der Waals surface area contributed by atoms with Crippen molar-refractivity contribution in [1.29, 1.82) is 0 Å². The normalized spacial score (nSPS) is 20.0. The SMILES string of the molecule is N[P@](=O)(NS(=O)(=O)[O-])N1CCC[C@H](NC(=O)c2ccc(Br)cc2)C1=O.[Na+]. The largest absolute Gasteiger partial charge is 1.00 e. The quantitative estimate of drug-likeness (QED) is 0.236. The van der Waals surface area contributed by atoms with Crippen molar-refractivity contribution in [3.05, 3.63) is 34.3 Å². The van der Waals surface area contributed by atoms with Crippen LogP contribution in [0.5, 0.6) is 0 Å². The van der Waals surface area contributed by atoms with Crippen molar-refractivity contribution >= 4 is 45.6 Å². The molecule has 1 aromatic rings. The van der Waals surface area contributed by atoms with Gasteiger partial charge in [0.1, 0.15) is 6.04 Å². The zero-order valence-electron chi connectivity index (χ0n) is 13.7. The number of benzene rings is 1. The predicted molar refractivity (Wildman–Crippen MR) is 91.0 cm³/mol. The second kappa shape index (κ2) is 9.26. The predicted octanol–water partition coefficient (Wildman–Crippen LogP) is -2.71. The van der Waals surface area contributed by atoms with E-state index in [1.807, 2.05) is 0 Å². The van der Waals surface area contributed by atoms with Crippen LogP contribution in [0.1, 0.15) is 23.2 Å². The maximum Gasteiger partial charge on any atom is 1.00 e. The number of amides is 2. The Kier molecular flexibility index (Phi) is 8.46. The minimum absolute atomic E-state index is 0. The molecule has 2 atom stereocenters. The molecule has 0 saturated carbocycles. The van der Waals surface area contributed by atoms with Gasteiger partial charge in [0.05, 0.1) is 0 Å². The molecule has 1 aliphatic rings. The van der Waals surface area contributed by atoms with Crippen LogP contribution in [0.2, 0.25) is 0 Å². The Bertz CT molecular complexity index is 837. The summed E-state index contributed by atoms with van der Waals surface area (Å²) in [6, 6.07) is 5.37. The Morgan fingerprint density at radius 3 is 2.46 bits per heavy atom. The number of nitrogens with zero attached hydrogens (tertiary/aromatic N) is 1. The molecule has 138 valence electrons. The van der Waals surface area contributed by atoms with Crippen LogP contribution < -0.4 is 44.9 Å². The number of carbonyl (C=O) groups excluding carboxylic acids is 2. The third kappa shape index (κ3) is 6.39. The number of piperidine rings is 1. The number of nitrogens with one attached hydrogen (secondary N) is 2. The third-order valence-electron chi connectivity index (χ3n) is 3.43. The molecule has 0 aliphatic carbocycles. The first-order chi connectivity index (χ1) is 11.5. The molecule has 0 aromatic heterocycles. The molecule has 0 spiro atoms. The van der Waals surface area contributed by atoms with Crippen molar-refractivity contribution < 1.29 is 56.7 Å². The number of carbonyl (C=O) groups is 2. The zero-order valence-corrected chi connectivity index (χ0v) is 19.0. The van der Waals surface area contributed by atoms with Gasteiger partial charge >= 0.3 is 37.2 Å². The smallest absolute Gasteiger partial charge is 0.735 e. The molecule has 26 heavy (non-hydrogen) atoms. The van der Waals surface area contributed by atoms with E-state index in [1.165, 1.54) is 4.49 Å². The van der Waals surface area contributed by atoms with Gasteiger partial charge in [-0.2, -0.15) is 0 Å². The van der Waals surface area contributed by atoms with Gasteiger partial charge in [0.2, 0.25) is 0 Å². The van der Waals surface area contributed by atoms with Gasteiger partial charge in [0, 0.05) is 16.6 Å². The van der Waals surface area contributed by atoms with E-state index in [0.717, 1.165) is 4.47 Å². The Balaban J connectivity index is 0.00000338. The van der Waals surface area contributed by atoms with Gasteiger partial charge in [-0.25, -0.2) is 8.42 Å². The van der Waals surface area contributed by atoms with E-state index >= 15 is 0 Å². The van der Waals surface area contributed by atoms with E-state index in [0.29, 0.717) is 16.7 Å². The van der Waals surface area contributed by atoms with Crippen LogP contribution in [0.25, 0.3) is 0 Å². The Morgan fingerprint density at radius 1 is 1.35 bits per heavy atom. The van der Waals surface area contributed by atoms with Gasteiger partial charge in [0.15, 0.2) is 10.3 Å². The Hall–Kier alpha value is -0.300. The van der Waals surface area contributed by atoms with Crippen molar-refractivity contribution in [3.63, 3.8) is 0 Å². The fraction of sp³-hybridized carbons (Fsp3) is 0.333. The monoisotopic (exact) mass is 476 g/mol. The van der Waals surface area contributed by atoms with E-state index in [1.54, 1.807) is 24.3 Å². The van der Waals surface area contributed by atoms with E-state index in [4.69, 9.17) is 5.50 Å². The zero-order chi connectivity index (χ0) is 18.8. The minimum atomic E-state index is -5.12. The molecule has 4 N–H and O–H groups in total. The molecular formula is C12H15BrN4NaO6PS. The van der Waals surface area contributed by atoms with Gasteiger partial charge in [0.25, 0.3) is 11.8 Å². The van der Waals surface area contributed by atoms with Gasteiger partial charge in [-0.05, 0) is 37.1 Å². The van der Waals surface area contributed by atoms with E-state index in [-0.39, 0.29) is 42.5 Å². The third-order valence-corrected chi connectivity index (χ3v) is 7.01. The summed E-state index contributed by atoms with van der Waals surface area (Å²) in [6.45, 7) is -0.0974. The molecule has 0 bridgehead atoms. The number of rotatable bonds is 5. The standard InChI is InChI=1S/C12H16BrN4O6PS.Na/c13-9-5-3-8(4-6-9)11(18)15-10-2-1-7-17(12(10)19)24(14,20)16-25(21,22)23;/h3-6,10H,1-2,7H2,(H,15,18)(H3,14,16,20)(H,21,22,23);/q;+1/p-1/t10-,24-;/m0./s1. The summed E-state index contributed by atoms with van der Waals surface area (Å²) in [4.78, 5) is 24.6. The maximum atomic E-state index is 12.4. The van der Waals surface area contributed by atoms with E-state index in [2.05, 4.69) is 21.2 Å². The van der Waals surface area contributed by atoms with Crippen molar-refractivity contribution in [1.82, 2.24) is 14.5 Å². The van der Waals surface area contributed by atoms with Crippen molar-refractivity contribution in [2.45, 2.75) is 18.9 Å². The molecule has 1 aliphatic heterocycles. The van der Waals surface area contributed by atoms with Gasteiger partial charge in [-0.15, -0.1) is 4.49 Å². The van der Waals surface area contributed by atoms with Crippen LogP contribution in [-0.4, -0.2) is 42.0 Å². The van der Waals surface area contributed by atoms with Crippen LogP contribution in [0, 0.1) is 0 Å². The average Bonchev–Trinajstić information content (AvgIpc) is 2.47. The van der Waals surface area contributed by atoms with E-state index < -0.39 is 35.8 Å². The fourth-order valence-corrected chi connectivity index (χ4v) is 5.15. The summed E-state index contributed by atoms with van der Waals surface area (Å²) < 4.78 is 47.0. The Labute approximate surface area is 181 Å².